The lowest BCUT2D eigenvalue weighted by atomic mass is 9.95. The number of nitrogens with one attached hydrogen (secondary N) is 1. The molecule has 1 N–H and O–H groups in total. The van der Waals surface area contributed by atoms with Gasteiger partial charge in [-0.15, -0.1) is 0 Å². The van der Waals surface area contributed by atoms with Gasteiger partial charge in [-0.1, -0.05) is 66.2 Å². The molecule has 0 saturated heterocycles. The van der Waals surface area contributed by atoms with Crippen LogP contribution in [0.3, 0.4) is 0 Å². The molecule has 0 aliphatic heterocycles. The highest BCUT2D eigenvalue weighted by atomic mass is 32.2. The first-order valence-corrected chi connectivity index (χ1v) is 13.8. The van der Waals surface area contributed by atoms with Crippen molar-refractivity contribution in [3.8, 4) is 11.5 Å². The van der Waals surface area contributed by atoms with Gasteiger partial charge in [-0.2, -0.15) is 0 Å². The van der Waals surface area contributed by atoms with E-state index in [0.717, 1.165) is 15.4 Å². The number of carbonyl (C=O) groups is 1. The normalized spacial score (nSPS) is 11.6. The molecule has 0 heterocycles. The molecule has 0 radical (unpaired) electrons. The fourth-order valence-electron chi connectivity index (χ4n) is 4.16. The van der Waals surface area contributed by atoms with Crippen molar-refractivity contribution in [2.75, 3.05) is 10.8 Å². The molecule has 4 aromatic rings. The van der Waals surface area contributed by atoms with Gasteiger partial charge in [0.15, 0.2) is 0 Å². The molecule has 6 nitrogen and oxygen atoms in total. The van der Waals surface area contributed by atoms with Crippen molar-refractivity contribution in [2.24, 2.45) is 0 Å². The summed E-state index contributed by atoms with van der Waals surface area (Å²) in [6, 6.07) is 32.4. The first kappa shape index (κ1) is 26.9. The van der Waals surface area contributed by atoms with Crippen molar-refractivity contribution < 1.29 is 17.9 Å². The summed E-state index contributed by atoms with van der Waals surface area (Å²) in [5, 5.41) is 3.01. The van der Waals surface area contributed by atoms with Gasteiger partial charge >= 0.3 is 0 Å². The van der Waals surface area contributed by atoms with E-state index in [2.05, 4.69) is 5.32 Å². The molecule has 38 heavy (non-hydrogen) atoms. The van der Waals surface area contributed by atoms with E-state index < -0.39 is 21.5 Å². The number of benzene rings is 4. The minimum absolute atomic E-state index is 0.115. The largest absolute Gasteiger partial charge is 0.457 e. The molecular formula is C31H32N2O4S. The third-order valence-electron chi connectivity index (χ3n) is 5.97. The molecular weight excluding hydrogens is 496 g/mol. The van der Waals surface area contributed by atoms with Crippen LogP contribution in [0.1, 0.15) is 25.0 Å². The Morgan fingerprint density at radius 1 is 0.789 bits per heavy atom. The lowest BCUT2D eigenvalue weighted by Crippen LogP contribution is -2.50. The van der Waals surface area contributed by atoms with Gasteiger partial charge in [0, 0.05) is 5.54 Å². The number of carbonyl (C=O) groups excluding carboxylic acids is 1. The maximum atomic E-state index is 13.7. The Labute approximate surface area is 225 Å². The molecule has 196 valence electrons. The van der Waals surface area contributed by atoms with Crippen LogP contribution in [0.4, 0.5) is 5.69 Å². The molecule has 0 fully saturated rings. The van der Waals surface area contributed by atoms with Crippen LogP contribution in [0.2, 0.25) is 0 Å². The van der Waals surface area contributed by atoms with E-state index in [-0.39, 0.29) is 11.4 Å². The van der Waals surface area contributed by atoms with E-state index in [9.17, 15) is 13.2 Å². The summed E-state index contributed by atoms with van der Waals surface area (Å²) in [6.45, 7) is 5.37. The van der Waals surface area contributed by atoms with Gasteiger partial charge in [-0.05, 0) is 81.3 Å². The number of ether oxygens (including phenoxy) is 1. The summed E-state index contributed by atoms with van der Waals surface area (Å²) in [7, 11) is -4.02. The number of aryl methyl sites for hydroxylation is 1. The van der Waals surface area contributed by atoms with Crippen molar-refractivity contribution >= 4 is 21.6 Å². The van der Waals surface area contributed by atoms with Gasteiger partial charge < -0.3 is 10.1 Å². The van der Waals surface area contributed by atoms with Crippen LogP contribution in [0, 0.1) is 6.92 Å². The molecule has 0 spiro atoms. The van der Waals surface area contributed by atoms with Gasteiger partial charge in [0.05, 0.1) is 10.6 Å². The number of para-hydroxylation sites is 1. The number of anilines is 1. The van der Waals surface area contributed by atoms with Gasteiger partial charge in [-0.3, -0.25) is 9.10 Å². The second-order valence-electron chi connectivity index (χ2n) is 9.83. The van der Waals surface area contributed by atoms with E-state index in [4.69, 9.17) is 4.74 Å². The fourth-order valence-corrected chi connectivity index (χ4v) is 5.58. The number of nitrogens with zero attached hydrogens (tertiary/aromatic N) is 1. The molecule has 0 atom stereocenters. The zero-order valence-corrected chi connectivity index (χ0v) is 22.6. The SMILES string of the molecule is Cc1ccc(S(=O)(=O)N(CC(=O)NC(C)(C)Cc2ccccc2)c2ccc(Oc3ccccc3)cc2)cc1. The predicted molar refractivity (Wildman–Crippen MR) is 151 cm³/mol. The second kappa shape index (κ2) is 11.5. The van der Waals surface area contributed by atoms with E-state index in [0.29, 0.717) is 23.6 Å². The Balaban J connectivity index is 1.58. The van der Waals surface area contributed by atoms with E-state index in [1.807, 2.05) is 81.4 Å². The maximum absolute atomic E-state index is 13.7. The second-order valence-corrected chi connectivity index (χ2v) is 11.7. The van der Waals surface area contributed by atoms with Crippen molar-refractivity contribution in [1.82, 2.24) is 5.32 Å². The quantitative estimate of drug-likeness (QED) is 0.269. The van der Waals surface area contributed by atoms with Crippen LogP contribution in [0.5, 0.6) is 11.5 Å². The lowest BCUT2D eigenvalue weighted by Gasteiger charge is -2.29. The van der Waals surface area contributed by atoms with Crippen LogP contribution in [0.15, 0.2) is 114 Å². The summed E-state index contributed by atoms with van der Waals surface area (Å²) in [6.07, 6.45) is 0.607. The minimum atomic E-state index is -4.02. The van der Waals surface area contributed by atoms with Crippen LogP contribution < -0.4 is 14.4 Å². The third kappa shape index (κ3) is 7.01. The smallest absolute Gasteiger partial charge is 0.264 e. The van der Waals surface area contributed by atoms with Crippen LogP contribution in [-0.2, 0) is 21.2 Å². The summed E-state index contributed by atoms with van der Waals surface area (Å²) < 4.78 is 34.4. The summed E-state index contributed by atoms with van der Waals surface area (Å²) >= 11 is 0. The first-order valence-electron chi connectivity index (χ1n) is 12.4. The molecule has 1 amide bonds. The topological polar surface area (TPSA) is 75.7 Å². The molecule has 0 aliphatic rings. The predicted octanol–water partition coefficient (Wildman–Crippen LogP) is 6.12. The Kier molecular flexibility index (Phi) is 8.17. The van der Waals surface area contributed by atoms with E-state index in [1.165, 1.54) is 0 Å². The number of hydrogen-bond donors (Lipinski definition) is 1. The molecule has 7 heteroatoms. The molecule has 0 saturated carbocycles. The van der Waals surface area contributed by atoms with Crippen LogP contribution >= 0.6 is 0 Å². The maximum Gasteiger partial charge on any atom is 0.264 e. The van der Waals surface area contributed by atoms with Crippen LogP contribution in [-0.4, -0.2) is 26.4 Å². The minimum Gasteiger partial charge on any atom is -0.457 e. The van der Waals surface area contributed by atoms with Crippen molar-refractivity contribution in [3.63, 3.8) is 0 Å². The number of sulfonamides is 1. The molecule has 0 unspecified atom stereocenters. The number of amides is 1. The van der Waals surface area contributed by atoms with Crippen LogP contribution in [0.25, 0.3) is 0 Å². The Hall–Kier alpha value is -4.10. The Bertz CT molecular complexity index is 1450. The van der Waals surface area contributed by atoms with Gasteiger partial charge in [0.25, 0.3) is 10.0 Å². The highest BCUT2D eigenvalue weighted by molar-refractivity contribution is 7.92. The number of hydrogen-bond acceptors (Lipinski definition) is 4. The molecule has 0 aromatic heterocycles. The van der Waals surface area contributed by atoms with Crippen molar-refractivity contribution in [1.29, 1.82) is 0 Å². The Morgan fingerprint density at radius 3 is 1.95 bits per heavy atom. The highest BCUT2D eigenvalue weighted by Crippen LogP contribution is 2.28. The molecule has 0 bridgehead atoms. The first-order chi connectivity index (χ1) is 18.1. The Morgan fingerprint density at radius 2 is 1.34 bits per heavy atom. The van der Waals surface area contributed by atoms with Crippen molar-refractivity contribution in [2.45, 2.75) is 37.6 Å². The fraction of sp³-hybridized carbons (Fsp3) is 0.194. The molecule has 4 rings (SSSR count). The average Bonchev–Trinajstić information content (AvgIpc) is 2.89. The summed E-state index contributed by atoms with van der Waals surface area (Å²) in [5.41, 5.74) is 1.81. The number of rotatable bonds is 10. The van der Waals surface area contributed by atoms with E-state index >= 15 is 0 Å². The highest BCUT2D eigenvalue weighted by Gasteiger charge is 2.29. The summed E-state index contributed by atoms with van der Waals surface area (Å²) in [5.74, 6) is 0.830. The average molecular weight is 529 g/mol. The zero-order chi connectivity index (χ0) is 27.2. The molecule has 4 aromatic carbocycles. The molecule has 0 aliphatic carbocycles. The van der Waals surface area contributed by atoms with E-state index in [1.54, 1.807) is 48.5 Å². The zero-order valence-electron chi connectivity index (χ0n) is 21.8. The van der Waals surface area contributed by atoms with Crippen molar-refractivity contribution in [3.05, 3.63) is 120 Å². The standard InChI is InChI=1S/C31H32N2O4S/c1-24-14-20-29(21-15-24)38(35,36)33(23-30(34)32-31(2,3)22-25-10-6-4-7-11-25)26-16-18-28(19-17-26)37-27-12-8-5-9-13-27/h4-21H,22-23H2,1-3H3,(H,32,34). The summed E-state index contributed by atoms with van der Waals surface area (Å²) in [4.78, 5) is 13.3. The van der Waals surface area contributed by atoms with Gasteiger partial charge in [-0.25, -0.2) is 8.42 Å². The third-order valence-corrected chi connectivity index (χ3v) is 7.75. The monoisotopic (exact) mass is 528 g/mol. The van der Waals surface area contributed by atoms with Gasteiger partial charge in [0.2, 0.25) is 5.91 Å². The van der Waals surface area contributed by atoms with Gasteiger partial charge in [0.1, 0.15) is 18.0 Å². The lowest BCUT2D eigenvalue weighted by molar-refractivity contribution is -0.121.